The van der Waals surface area contributed by atoms with Gasteiger partial charge >= 0.3 is 6.18 Å². The van der Waals surface area contributed by atoms with Crippen molar-refractivity contribution in [2.75, 3.05) is 6.54 Å². The van der Waals surface area contributed by atoms with Crippen LogP contribution in [0.5, 0.6) is 0 Å². The molecule has 1 heterocycles. The summed E-state index contributed by atoms with van der Waals surface area (Å²) in [7, 11) is 0. The molecule has 1 unspecified atom stereocenters. The predicted octanol–water partition coefficient (Wildman–Crippen LogP) is 2.43. The molecular formula is C12H9F4NO. The smallest absolute Gasteiger partial charge is 0.351 e. The molecule has 96 valence electrons. The summed E-state index contributed by atoms with van der Waals surface area (Å²) in [4.78, 5) is 11.6. The number of carbonyl (C=O) groups is 1. The van der Waals surface area contributed by atoms with Gasteiger partial charge in [-0.2, -0.15) is 13.2 Å². The van der Waals surface area contributed by atoms with E-state index >= 15 is 0 Å². The molecular weight excluding hydrogens is 250 g/mol. The van der Waals surface area contributed by atoms with Gasteiger partial charge in [0.1, 0.15) is 6.17 Å². The third-order valence-corrected chi connectivity index (χ3v) is 3.68. The summed E-state index contributed by atoms with van der Waals surface area (Å²) >= 11 is 0. The SMILES string of the molecule is O=C1NCC2(C[C@H]2F)c2cc(C(F)(F)F)ccc21. The molecule has 0 aromatic heterocycles. The number of nitrogens with one attached hydrogen (secondary N) is 1. The van der Waals surface area contributed by atoms with Gasteiger partial charge < -0.3 is 5.32 Å². The second-order valence-corrected chi connectivity index (χ2v) is 4.77. The molecule has 1 aromatic rings. The van der Waals surface area contributed by atoms with E-state index in [0.29, 0.717) is 0 Å². The van der Waals surface area contributed by atoms with Gasteiger partial charge in [-0.05, 0) is 30.2 Å². The van der Waals surface area contributed by atoms with Crippen molar-refractivity contribution in [1.29, 1.82) is 0 Å². The van der Waals surface area contributed by atoms with E-state index in [1.54, 1.807) is 0 Å². The second-order valence-electron chi connectivity index (χ2n) is 4.77. The van der Waals surface area contributed by atoms with E-state index in [9.17, 15) is 22.4 Å². The Kier molecular flexibility index (Phi) is 2.07. The Morgan fingerprint density at radius 2 is 2.00 bits per heavy atom. The van der Waals surface area contributed by atoms with Gasteiger partial charge in [0.05, 0.1) is 5.56 Å². The van der Waals surface area contributed by atoms with Gasteiger partial charge in [0.2, 0.25) is 0 Å². The number of hydrogen-bond acceptors (Lipinski definition) is 1. The van der Waals surface area contributed by atoms with Crippen LogP contribution in [0.1, 0.15) is 27.9 Å². The van der Waals surface area contributed by atoms with Crippen molar-refractivity contribution in [1.82, 2.24) is 5.32 Å². The largest absolute Gasteiger partial charge is 0.416 e. The molecule has 1 fully saturated rings. The number of hydrogen-bond donors (Lipinski definition) is 1. The summed E-state index contributed by atoms with van der Waals surface area (Å²) in [6.07, 6.45) is -5.49. The average Bonchev–Trinajstić information content (AvgIpc) is 2.95. The molecule has 6 heteroatoms. The third kappa shape index (κ3) is 1.44. The minimum absolute atomic E-state index is 0.0707. The van der Waals surface area contributed by atoms with Crippen LogP contribution in [0.2, 0.25) is 0 Å². The summed E-state index contributed by atoms with van der Waals surface area (Å²) in [5.41, 5.74) is -1.44. The third-order valence-electron chi connectivity index (χ3n) is 3.68. The quantitative estimate of drug-likeness (QED) is 0.712. The number of halogens is 4. The highest BCUT2D eigenvalue weighted by Crippen LogP contribution is 2.53. The molecule has 18 heavy (non-hydrogen) atoms. The molecule has 0 radical (unpaired) electrons. The molecule has 0 saturated heterocycles. The molecule has 1 saturated carbocycles. The van der Waals surface area contributed by atoms with Crippen LogP contribution in [0.25, 0.3) is 0 Å². The lowest BCUT2D eigenvalue weighted by atomic mass is 9.86. The van der Waals surface area contributed by atoms with E-state index < -0.39 is 29.2 Å². The highest BCUT2D eigenvalue weighted by atomic mass is 19.4. The van der Waals surface area contributed by atoms with Crippen molar-refractivity contribution in [2.24, 2.45) is 0 Å². The summed E-state index contributed by atoms with van der Waals surface area (Å²) in [5, 5.41) is 2.52. The van der Waals surface area contributed by atoms with Crippen LogP contribution in [0.4, 0.5) is 17.6 Å². The van der Waals surface area contributed by atoms with E-state index in [-0.39, 0.29) is 24.1 Å². The number of carbonyl (C=O) groups excluding carboxylic acids is 1. The van der Waals surface area contributed by atoms with Crippen molar-refractivity contribution in [3.63, 3.8) is 0 Å². The zero-order valence-electron chi connectivity index (χ0n) is 9.14. The van der Waals surface area contributed by atoms with Crippen molar-refractivity contribution in [3.05, 3.63) is 34.9 Å². The Hall–Kier alpha value is -1.59. The number of benzene rings is 1. The zero-order chi connectivity index (χ0) is 13.1. The van der Waals surface area contributed by atoms with Gasteiger partial charge in [0.15, 0.2) is 0 Å². The molecule has 2 nitrogen and oxygen atoms in total. The van der Waals surface area contributed by atoms with Gasteiger partial charge in [0.25, 0.3) is 5.91 Å². The lowest BCUT2D eigenvalue weighted by Crippen LogP contribution is -2.40. The van der Waals surface area contributed by atoms with Crippen LogP contribution in [-0.2, 0) is 11.6 Å². The van der Waals surface area contributed by atoms with Gasteiger partial charge in [0, 0.05) is 17.5 Å². The first-order valence-corrected chi connectivity index (χ1v) is 5.48. The molecule has 1 N–H and O–H groups in total. The first-order valence-electron chi connectivity index (χ1n) is 5.48. The molecule has 2 aliphatic rings. The highest BCUT2D eigenvalue weighted by molar-refractivity contribution is 5.98. The number of rotatable bonds is 0. The molecule has 1 aromatic carbocycles. The predicted molar refractivity (Wildman–Crippen MR) is 55.0 cm³/mol. The van der Waals surface area contributed by atoms with Crippen LogP contribution in [0.3, 0.4) is 0 Å². The van der Waals surface area contributed by atoms with Crippen LogP contribution in [-0.4, -0.2) is 18.6 Å². The number of amides is 1. The van der Waals surface area contributed by atoms with E-state index in [1.165, 1.54) is 0 Å². The summed E-state index contributed by atoms with van der Waals surface area (Å²) in [6.45, 7) is 0.0707. The van der Waals surface area contributed by atoms with E-state index in [1.807, 2.05) is 0 Å². The fourth-order valence-electron chi connectivity index (χ4n) is 2.48. The Bertz CT molecular complexity index is 539. The van der Waals surface area contributed by atoms with Crippen LogP contribution in [0.15, 0.2) is 18.2 Å². The fraction of sp³-hybridized carbons (Fsp3) is 0.417. The monoisotopic (exact) mass is 259 g/mol. The van der Waals surface area contributed by atoms with Crippen LogP contribution < -0.4 is 5.32 Å². The average molecular weight is 259 g/mol. The van der Waals surface area contributed by atoms with Gasteiger partial charge in [-0.1, -0.05) is 0 Å². The minimum atomic E-state index is -4.48. The van der Waals surface area contributed by atoms with Crippen molar-refractivity contribution in [2.45, 2.75) is 24.2 Å². The van der Waals surface area contributed by atoms with Crippen LogP contribution >= 0.6 is 0 Å². The summed E-state index contributed by atoms with van der Waals surface area (Å²) < 4.78 is 51.3. The Morgan fingerprint density at radius 1 is 1.33 bits per heavy atom. The maximum absolute atomic E-state index is 13.5. The second kappa shape index (κ2) is 3.24. The van der Waals surface area contributed by atoms with Crippen molar-refractivity contribution in [3.8, 4) is 0 Å². The standard InChI is InChI=1S/C12H9F4NO/c13-9-4-11(9)5-17-10(18)7-2-1-6(3-8(7)11)12(14,15)16/h1-3,9H,4-5H2,(H,17,18)/t9-,11?/m1/s1. The number of fused-ring (bicyclic) bond motifs is 2. The maximum atomic E-state index is 13.5. The van der Waals surface area contributed by atoms with E-state index in [4.69, 9.17) is 0 Å². The van der Waals surface area contributed by atoms with Crippen molar-refractivity contribution >= 4 is 5.91 Å². The highest BCUT2D eigenvalue weighted by Gasteiger charge is 2.59. The maximum Gasteiger partial charge on any atom is 0.416 e. The first-order chi connectivity index (χ1) is 8.34. The van der Waals surface area contributed by atoms with Gasteiger partial charge in [-0.25, -0.2) is 4.39 Å². The molecule has 3 rings (SSSR count). The van der Waals surface area contributed by atoms with Crippen molar-refractivity contribution < 1.29 is 22.4 Å². The fourth-order valence-corrected chi connectivity index (χ4v) is 2.48. The minimum Gasteiger partial charge on any atom is -0.351 e. The molecule has 1 spiro atoms. The Morgan fingerprint density at radius 3 is 2.56 bits per heavy atom. The Balaban J connectivity index is 2.15. The van der Waals surface area contributed by atoms with Gasteiger partial charge in [-0.3, -0.25) is 4.79 Å². The lowest BCUT2D eigenvalue weighted by Gasteiger charge is -2.26. The Labute approximate surface area is 100.0 Å². The van der Waals surface area contributed by atoms with E-state index in [2.05, 4.69) is 5.32 Å². The number of alkyl halides is 4. The van der Waals surface area contributed by atoms with Gasteiger partial charge in [-0.15, -0.1) is 0 Å². The topological polar surface area (TPSA) is 29.1 Å². The molecule has 0 bridgehead atoms. The lowest BCUT2D eigenvalue weighted by molar-refractivity contribution is -0.137. The molecule has 2 atom stereocenters. The molecule has 1 amide bonds. The first kappa shape index (κ1) is 11.5. The zero-order valence-corrected chi connectivity index (χ0v) is 9.14. The van der Waals surface area contributed by atoms with Crippen LogP contribution in [0, 0.1) is 0 Å². The summed E-state index contributed by atoms with van der Waals surface area (Å²) in [6, 6.07) is 2.89. The summed E-state index contributed by atoms with van der Waals surface area (Å²) in [5.74, 6) is -0.441. The van der Waals surface area contributed by atoms with E-state index in [0.717, 1.165) is 18.2 Å². The normalized spacial score (nSPS) is 30.0. The molecule has 1 aliphatic carbocycles. The molecule has 1 aliphatic heterocycles.